The summed E-state index contributed by atoms with van der Waals surface area (Å²) < 4.78 is 5.26. The van der Waals surface area contributed by atoms with Crippen LogP contribution in [-0.4, -0.2) is 34.8 Å². The van der Waals surface area contributed by atoms with Gasteiger partial charge in [-0.05, 0) is 25.0 Å². The van der Waals surface area contributed by atoms with Crippen molar-refractivity contribution in [2.45, 2.75) is 37.9 Å². The second kappa shape index (κ2) is 4.99. The molecule has 1 saturated carbocycles. The largest absolute Gasteiger partial charge is 0.467 e. The molecule has 0 aromatic carbocycles. The van der Waals surface area contributed by atoms with Crippen LogP contribution in [0.4, 0.5) is 4.79 Å². The van der Waals surface area contributed by atoms with E-state index < -0.39 is 18.0 Å². The minimum absolute atomic E-state index is 0.0191. The van der Waals surface area contributed by atoms with Crippen molar-refractivity contribution in [2.24, 2.45) is 0 Å². The lowest BCUT2D eigenvalue weighted by Crippen LogP contribution is -2.39. The molecule has 7 heteroatoms. The van der Waals surface area contributed by atoms with Crippen LogP contribution in [0.15, 0.2) is 22.8 Å². The first-order chi connectivity index (χ1) is 9.63. The zero-order valence-corrected chi connectivity index (χ0v) is 10.8. The Balaban J connectivity index is 1.64. The van der Waals surface area contributed by atoms with Crippen LogP contribution in [0.3, 0.4) is 0 Å². The number of amides is 4. The number of furan rings is 1. The highest BCUT2D eigenvalue weighted by molar-refractivity contribution is 6.05. The molecule has 0 radical (unpaired) electrons. The van der Waals surface area contributed by atoms with E-state index in [1.54, 1.807) is 17.2 Å². The summed E-state index contributed by atoms with van der Waals surface area (Å²) in [4.78, 5) is 36.5. The monoisotopic (exact) mass is 277 g/mol. The first kappa shape index (κ1) is 12.7. The van der Waals surface area contributed by atoms with Crippen molar-refractivity contribution in [1.82, 2.24) is 15.5 Å². The lowest BCUT2D eigenvalue weighted by Gasteiger charge is -2.22. The summed E-state index contributed by atoms with van der Waals surface area (Å²) in [6.45, 7) is 0.402. The van der Waals surface area contributed by atoms with E-state index in [1.807, 2.05) is 6.07 Å². The Morgan fingerprint density at radius 1 is 1.40 bits per heavy atom. The van der Waals surface area contributed by atoms with Gasteiger partial charge in [-0.3, -0.25) is 14.9 Å². The molecule has 4 amide bonds. The Bertz CT molecular complexity index is 536. The van der Waals surface area contributed by atoms with Crippen molar-refractivity contribution < 1.29 is 18.8 Å². The molecule has 0 spiro atoms. The van der Waals surface area contributed by atoms with Gasteiger partial charge in [0.2, 0.25) is 5.91 Å². The van der Waals surface area contributed by atoms with Crippen LogP contribution in [0.1, 0.15) is 25.0 Å². The highest BCUT2D eigenvalue weighted by Gasteiger charge is 2.37. The lowest BCUT2D eigenvalue weighted by atomic mass is 10.2. The fraction of sp³-hybridized carbons (Fsp3) is 0.462. The zero-order valence-electron chi connectivity index (χ0n) is 10.8. The summed E-state index contributed by atoms with van der Waals surface area (Å²) in [7, 11) is 0. The number of rotatable bonds is 5. The highest BCUT2D eigenvalue weighted by Crippen LogP contribution is 2.29. The van der Waals surface area contributed by atoms with Crippen molar-refractivity contribution in [1.29, 1.82) is 0 Å². The second-order valence-electron chi connectivity index (χ2n) is 5.05. The maximum absolute atomic E-state index is 12.3. The van der Waals surface area contributed by atoms with Gasteiger partial charge in [0.25, 0.3) is 5.91 Å². The molecule has 106 valence electrons. The number of nitrogens with one attached hydrogen (secondary N) is 2. The summed E-state index contributed by atoms with van der Waals surface area (Å²) >= 11 is 0. The van der Waals surface area contributed by atoms with Gasteiger partial charge in [0.15, 0.2) is 0 Å². The van der Waals surface area contributed by atoms with Gasteiger partial charge >= 0.3 is 6.03 Å². The highest BCUT2D eigenvalue weighted by atomic mass is 16.3. The van der Waals surface area contributed by atoms with Crippen molar-refractivity contribution in [3.8, 4) is 0 Å². The average molecular weight is 277 g/mol. The van der Waals surface area contributed by atoms with Crippen molar-refractivity contribution in [2.75, 3.05) is 0 Å². The SMILES string of the molecule is O=C1NC(=O)[C@@H](CC(=O)N(Cc2ccco2)C2CC2)N1. The third kappa shape index (κ3) is 2.66. The normalized spacial score (nSPS) is 21.5. The summed E-state index contributed by atoms with van der Waals surface area (Å²) in [5, 5.41) is 4.56. The standard InChI is InChI=1S/C13H15N3O4/c17-11(6-10-12(18)15-13(19)14-10)16(8-3-4-8)7-9-2-1-5-20-9/h1-2,5,8,10H,3-4,6-7H2,(H2,14,15,18,19)/t10-/m1/s1. The van der Waals surface area contributed by atoms with E-state index in [4.69, 9.17) is 4.42 Å². The van der Waals surface area contributed by atoms with Gasteiger partial charge in [-0.2, -0.15) is 0 Å². The second-order valence-corrected chi connectivity index (χ2v) is 5.05. The van der Waals surface area contributed by atoms with Crippen LogP contribution >= 0.6 is 0 Å². The molecule has 2 fully saturated rings. The molecule has 3 rings (SSSR count). The third-order valence-electron chi connectivity index (χ3n) is 3.45. The molecule has 1 aliphatic heterocycles. The Morgan fingerprint density at radius 3 is 2.75 bits per heavy atom. The quantitative estimate of drug-likeness (QED) is 0.761. The molecule has 1 aromatic heterocycles. The van der Waals surface area contributed by atoms with Crippen LogP contribution in [0, 0.1) is 0 Å². The molecule has 2 N–H and O–H groups in total. The minimum atomic E-state index is -0.771. The molecule has 1 aromatic rings. The Kier molecular flexibility index (Phi) is 3.17. The first-order valence-electron chi connectivity index (χ1n) is 6.56. The molecule has 20 heavy (non-hydrogen) atoms. The first-order valence-corrected chi connectivity index (χ1v) is 6.56. The molecule has 1 atom stereocenters. The molecule has 1 saturated heterocycles. The number of urea groups is 1. The summed E-state index contributed by atoms with van der Waals surface area (Å²) in [5.74, 6) is 0.119. The molecule has 1 aliphatic carbocycles. The van der Waals surface area contributed by atoms with Crippen LogP contribution in [0.2, 0.25) is 0 Å². The Morgan fingerprint density at radius 2 is 2.20 bits per heavy atom. The van der Waals surface area contributed by atoms with Crippen molar-refractivity contribution >= 4 is 17.8 Å². The number of carbonyl (C=O) groups excluding carboxylic acids is 3. The fourth-order valence-electron chi connectivity index (χ4n) is 2.27. The number of carbonyl (C=O) groups is 3. The molecule has 2 heterocycles. The predicted octanol–water partition coefficient (Wildman–Crippen LogP) is 0.369. The number of imide groups is 1. The minimum Gasteiger partial charge on any atom is -0.467 e. The third-order valence-corrected chi connectivity index (χ3v) is 3.45. The van der Waals surface area contributed by atoms with Crippen LogP contribution in [0.25, 0.3) is 0 Å². The van der Waals surface area contributed by atoms with Crippen molar-refractivity contribution in [3.63, 3.8) is 0 Å². The Hall–Kier alpha value is -2.31. The summed E-state index contributed by atoms with van der Waals surface area (Å²) in [6, 6.07) is 2.49. The van der Waals surface area contributed by atoms with E-state index in [-0.39, 0.29) is 18.4 Å². The molecule has 0 bridgehead atoms. The van der Waals surface area contributed by atoms with E-state index in [0.29, 0.717) is 12.3 Å². The number of nitrogens with zero attached hydrogens (tertiary/aromatic N) is 1. The van der Waals surface area contributed by atoms with Crippen LogP contribution < -0.4 is 10.6 Å². The molecule has 2 aliphatic rings. The van der Waals surface area contributed by atoms with Gasteiger partial charge in [0, 0.05) is 6.04 Å². The fourth-order valence-corrected chi connectivity index (χ4v) is 2.27. The average Bonchev–Trinajstić information content (AvgIpc) is 3.01. The molecule has 7 nitrogen and oxygen atoms in total. The van der Waals surface area contributed by atoms with Crippen molar-refractivity contribution in [3.05, 3.63) is 24.2 Å². The lowest BCUT2D eigenvalue weighted by molar-refractivity contribution is -0.135. The van der Waals surface area contributed by atoms with Gasteiger partial charge in [0.1, 0.15) is 11.8 Å². The molecular formula is C13H15N3O4. The topological polar surface area (TPSA) is 91.7 Å². The number of hydrogen-bond acceptors (Lipinski definition) is 4. The van der Waals surface area contributed by atoms with Gasteiger partial charge in [-0.25, -0.2) is 4.79 Å². The predicted molar refractivity (Wildman–Crippen MR) is 67.4 cm³/mol. The van der Waals surface area contributed by atoms with Gasteiger partial charge in [-0.15, -0.1) is 0 Å². The van der Waals surface area contributed by atoms with E-state index in [2.05, 4.69) is 10.6 Å². The van der Waals surface area contributed by atoms with E-state index >= 15 is 0 Å². The van der Waals surface area contributed by atoms with E-state index in [0.717, 1.165) is 12.8 Å². The van der Waals surface area contributed by atoms with Crippen LogP contribution in [0.5, 0.6) is 0 Å². The maximum Gasteiger partial charge on any atom is 0.322 e. The Labute approximate surface area is 115 Å². The smallest absolute Gasteiger partial charge is 0.322 e. The zero-order chi connectivity index (χ0) is 14.1. The van der Waals surface area contributed by atoms with E-state index in [1.165, 1.54) is 0 Å². The molecular weight excluding hydrogens is 262 g/mol. The molecule has 0 unspecified atom stereocenters. The maximum atomic E-state index is 12.3. The summed E-state index contributed by atoms with van der Waals surface area (Å²) in [6.07, 6.45) is 3.48. The summed E-state index contributed by atoms with van der Waals surface area (Å²) in [5.41, 5.74) is 0. The van der Waals surface area contributed by atoms with Gasteiger partial charge in [0.05, 0.1) is 19.2 Å². The van der Waals surface area contributed by atoms with Gasteiger partial charge in [-0.1, -0.05) is 0 Å². The van der Waals surface area contributed by atoms with Crippen LogP contribution in [-0.2, 0) is 16.1 Å². The number of hydrogen-bond donors (Lipinski definition) is 2. The van der Waals surface area contributed by atoms with Gasteiger partial charge < -0.3 is 14.6 Å². The van der Waals surface area contributed by atoms with E-state index in [9.17, 15) is 14.4 Å².